The first-order chi connectivity index (χ1) is 7.62. The van der Waals surface area contributed by atoms with Gasteiger partial charge in [-0.15, -0.1) is 0 Å². The van der Waals surface area contributed by atoms with E-state index in [0.717, 1.165) is 0 Å². The molecule has 0 fully saturated rings. The van der Waals surface area contributed by atoms with Crippen LogP contribution < -0.4 is 27.7 Å². The zero-order valence-corrected chi connectivity index (χ0v) is 8.11. The number of nitrogen functional groups attached to an aromatic ring is 2. The second kappa shape index (κ2) is 4.96. The summed E-state index contributed by atoms with van der Waals surface area (Å²) in [6, 6.07) is 3.76. The molecule has 0 unspecified atom stereocenters. The average molecular weight is 224 g/mol. The van der Waals surface area contributed by atoms with Crippen molar-refractivity contribution in [1.82, 2.24) is 10.9 Å². The lowest BCUT2D eigenvalue weighted by Crippen LogP contribution is -2.56. The minimum atomic E-state index is -0.622. The maximum Gasteiger partial charge on any atom is 0.265 e. The van der Waals surface area contributed by atoms with Crippen molar-refractivity contribution < 1.29 is 14.8 Å². The van der Waals surface area contributed by atoms with Crippen molar-refractivity contribution >= 4 is 17.5 Å². The van der Waals surface area contributed by atoms with E-state index in [0.29, 0.717) is 0 Å². The molecule has 7 N–H and O–H groups in total. The first-order valence-electron chi connectivity index (χ1n) is 4.17. The van der Waals surface area contributed by atoms with Gasteiger partial charge in [0.25, 0.3) is 17.5 Å². The Kier molecular flexibility index (Phi) is 3.64. The Bertz CT molecular complexity index is 411. The van der Waals surface area contributed by atoms with Gasteiger partial charge in [0.05, 0.1) is 0 Å². The highest BCUT2D eigenvalue weighted by molar-refractivity contribution is 6.00. The summed E-state index contributed by atoms with van der Waals surface area (Å²) in [5, 5.41) is 1.57. The van der Waals surface area contributed by atoms with Crippen LogP contribution in [0.5, 0.6) is 0 Å². The summed E-state index contributed by atoms with van der Waals surface area (Å²) in [5.74, 6) is 8.62. The van der Waals surface area contributed by atoms with Crippen molar-refractivity contribution in [3.05, 3.63) is 34.2 Å². The third kappa shape index (κ3) is 2.38. The van der Waals surface area contributed by atoms with Gasteiger partial charge in [-0.05, 0) is 6.07 Å². The third-order valence-electron chi connectivity index (χ3n) is 1.84. The molecule has 0 bridgehead atoms. The average Bonchev–Trinajstić information content (AvgIpc) is 2.35. The molecule has 0 atom stereocenters. The quantitative estimate of drug-likeness (QED) is 0.217. The first kappa shape index (κ1) is 11.8. The molecule has 1 aromatic carbocycles. The van der Waals surface area contributed by atoms with E-state index in [-0.39, 0.29) is 16.8 Å². The van der Waals surface area contributed by atoms with Crippen molar-refractivity contribution in [2.24, 2.45) is 11.7 Å². The second-order valence-corrected chi connectivity index (χ2v) is 2.85. The Labute approximate surface area is 89.9 Å². The minimum absolute atomic E-state index is 0.0553. The number of carbonyl (C=O) groups excluding carboxylic acids is 2. The SMILES string of the molecule is NNC(=O)c1cc([NH+]=O)cc(C(=O)NN)c1. The molecule has 8 nitrogen and oxygen atoms in total. The normalized spacial score (nSPS) is 9.38. The van der Waals surface area contributed by atoms with Gasteiger partial charge in [-0.25, -0.2) is 11.7 Å². The molecule has 2 amide bonds. The van der Waals surface area contributed by atoms with Gasteiger partial charge in [0.15, 0.2) is 0 Å². The zero-order chi connectivity index (χ0) is 12.1. The molecule has 8 heteroatoms. The second-order valence-electron chi connectivity index (χ2n) is 2.85. The molecular weight excluding hydrogens is 214 g/mol. The molecule has 0 radical (unpaired) electrons. The Morgan fingerprint density at radius 2 is 1.44 bits per heavy atom. The minimum Gasteiger partial charge on any atom is -0.290 e. The number of hydrogen-bond donors (Lipinski definition) is 5. The maximum atomic E-state index is 11.2. The van der Waals surface area contributed by atoms with Crippen LogP contribution in [0.3, 0.4) is 0 Å². The lowest BCUT2D eigenvalue weighted by atomic mass is 10.1. The van der Waals surface area contributed by atoms with Crippen molar-refractivity contribution in [1.29, 1.82) is 0 Å². The van der Waals surface area contributed by atoms with Crippen LogP contribution in [0.2, 0.25) is 0 Å². The predicted octanol–water partition coefficient (Wildman–Crippen LogP) is -2.63. The number of amides is 2. The summed E-state index contributed by atoms with van der Waals surface area (Å²) >= 11 is 0. The summed E-state index contributed by atoms with van der Waals surface area (Å²) in [6.45, 7) is 0. The molecule has 0 aliphatic carbocycles. The topological polar surface area (TPSA) is 141 Å². The van der Waals surface area contributed by atoms with Crippen molar-refractivity contribution in [2.45, 2.75) is 0 Å². The highest BCUT2D eigenvalue weighted by atomic mass is 16.3. The lowest BCUT2D eigenvalue weighted by Gasteiger charge is -2.02. The third-order valence-corrected chi connectivity index (χ3v) is 1.84. The molecule has 0 aliphatic rings. The lowest BCUT2D eigenvalue weighted by molar-refractivity contribution is -0.379. The van der Waals surface area contributed by atoms with Crippen LogP contribution in [0.15, 0.2) is 18.2 Å². The fraction of sp³-hybridized carbons (Fsp3) is 0. The Balaban J connectivity index is 3.26. The zero-order valence-electron chi connectivity index (χ0n) is 8.11. The molecule has 1 rings (SSSR count). The molecule has 0 aliphatic heterocycles. The highest BCUT2D eigenvalue weighted by Gasteiger charge is 2.14. The number of nitrogens with two attached hydrogens (primary N) is 2. The van der Waals surface area contributed by atoms with Crippen LogP contribution in [-0.4, -0.2) is 11.8 Å². The largest absolute Gasteiger partial charge is 0.290 e. The number of nitroso groups, excluding NO2 is 1. The van der Waals surface area contributed by atoms with Crippen LogP contribution in [0.4, 0.5) is 5.69 Å². The van der Waals surface area contributed by atoms with Crippen molar-refractivity contribution in [3.63, 3.8) is 0 Å². The number of hydrazine groups is 2. The van der Waals surface area contributed by atoms with Crippen LogP contribution in [0.25, 0.3) is 0 Å². The van der Waals surface area contributed by atoms with E-state index in [9.17, 15) is 14.5 Å². The van der Waals surface area contributed by atoms with Gasteiger partial charge in [-0.2, -0.15) is 0 Å². The van der Waals surface area contributed by atoms with Crippen LogP contribution in [0.1, 0.15) is 20.7 Å². The van der Waals surface area contributed by atoms with Gasteiger partial charge in [-0.1, -0.05) is 0 Å². The van der Waals surface area contributed by atoms with Crippen LogP contribution >= 0.6 is 0 Å². The fourth-order valence-electron chi connectivity index (χ4n) is 1.12. The van der Waals surface area contributed by atoms with Gasteiger partial charge in [-0.3, -0.25) is 20.4 Å². The molecule has 0 spiro atoms. The van der Waals surface area contributed by atoms with E-state index in [4.69, 9.17) is 11.7 Å². The number of hydrogen-bond acceptors (Lipinski definition) is 5. The molecule has 0 heterocycles. The van der Waals surface area contributed by atoms with E-state index in [1.54, 1.807) is 5.18 Å². The monoisotopic (exact) mass is 224 g/mol. The van der Waals surface area contributed by atoms with E-state index in [2.05, 4.69) is 0 Å². The smallest absolute Gasteiger partial charge is 0.265 e. The number of benzene rings is 1. The molecule has 0 saturated carbocycles. The molecule has 1 aromatic rings. The van der Waals surface area contributed by atoms with Gasteiger partial charge in [0.1, 0.15) is 0 Å². The predicted molar refractivity (Wildman–Crippen MR) is 53.7 cm³/mol. The standard InChI is InChI=1S/C8H9N5O3/c9-11-7(14)4-1-5(8(15)12-10)3-6(2-4)13-16/h1-3H,9-10H2,(H,11,14)(H,12,15)/p+1. The molecule has 16 heavy (non-hydrogen) atoms. The summed E-state index contributed by atoms with van der Waals surface area (Å²) in [4.78, 5) is 32.9. The number of carbonyl (C=O) groups is 2. The number of rotatable bonds is 3. The van der Waals surface area contributed by atoms with E-state index in [1.165, 1.54) is 18.2 Å². The van der Waals surface area contributed by atoms with E-state index < -0.39 is 11.8 Å². The van der Waals surface area contributed by atoms with Gasteiger partial charge in [0.2, 0.25) is 0 Å². The van der Waals surface area contributed by atoms with Crippen molar-refractivity contribution in [2.75, 3.05) is 0 Å². The summed E-state index contributed by atoms with van der Waals surface area (Å²) < 4.78 is 0. The van der Waals surface area contributed by atoms with Crippen molar-refractivity contribution in [3.8, 4) is 0 Å². The summed E-state index contributed by atoms with van der Waals surface area (Å²) in [5.41, 5.74) is 3.97. The first-order valence-corrected chi connectivity index (χ1v) is 4.17. The Morgan fingerprint density at radius 3 is 1.75 bits per heavy atom. The van der Waals surface area contributed by atoms with Crippen LogP contribution in [0, 0.1) is 4.91 Å². The molecule has 84 valence electrons. The number of nitrogens with one attached hydrogen (secondary N) is 3. The molecular formula is C8H10N5O3+. The molecule has 0 aromatic heterocycles. The summed E-state index contributed by atoms with van der Waals surface area (Å²) in [6.07, 6.45) is 0. The summed E-state index contributed by atoms with van der Waals surface area (Å²) in [7, 11) is 0. The maximum absolute atomic E-state index is 11.2. The van der Waals surface area contributed by atoms with Gasteiger partial charge in [0, 0.05) is 33.3 Å². The Morgan fingerprint density at radius 1 is 1.00 bits per heavy atom. The highest BCUT2D eigenvalue weighted by Crippen LogP contribution is 2.10. The van der Waals surface area contributed by atoms with Gasteiger partial charge >= 0.3 is 0 Å². The van der Waals surface area contributed by atoms with Gasteiger partial charge < -0.3 is 0 Å². The fourth-order valence-corrected chi connectivity index (χ4v) is 1.12. The van der Waals surface area contributed by atoms with Crippen LogP contribution in [-0.2, 0) is 0 Å². The van der Waals surface area contributed by atoms with E-state index in [1.807, 2.05) is 10.9 Å². The Hall–Kier alpha value is -2.32. The molecule has 0 saturated heterocycles. The van der Waals surface area contributed by atoms with E-state index >= 15 is 0 Å².